The van der Waals surface area contributed by atoms with Gasteiger partial charge in [-0.1, -0.05) is 18.2 Å². The van der Waals surface area contributed by atoms with E-state index >= 15 is 0 Å². The summed E-state index contributed by atoms with van der Waals surface area (Å²) in [7, 11) is 0. The molecule has 2 heterocycles. The Kier molecular flexibility index (Phi) is 3.08. The summed E-state index contributed by atoms with van der Waals surface area (Å²) in [6.45, 7) is 8.27. The summed E-state index contributed by atoms with van der Waals surface area (Å²) in [5.41, 5.74) is 0.696. The molecule has 1 aromatic rings. The van der Waals surface area contributed by atoms with Gasteiger partial charge >= 0.3 is 5.97 Å². The van der Waals surface area contributed by atoms with Gasteiger partial charge in [0.2, 0.25) is 0 Å². The van der Waals surface area contributed by atoms with Crippen molar-refractivity contribution in [1.82, 2.24) is 0 Å². The molecular weight excluding hydrogens is 266 g/mol. The van der Waals surface area contributed by atoms with Gasteiger partial charge in [0, 0.05) is 17.9 Å². The molecule has 0 unspecified atom stereocenters. The van der Waals surface area contributed by atoms with Crippen molar-refractivity contribution in [3.05, 3.63) is 29.8 Å². The highest BCUT2D eigenvalue weighted by molar-refractivity contribution is 6.37. The van der Waals surface area contributed by atoms with E-state index in [4.69, 9.17) is 14.5 Å². The van der Waals surface area contributed by atoms with E-state index < -0.39 is 5.60 Å². The van der Waals surface area contributed by atoms with Crippen molar-refractivity contribution in [2.24, 2.45) is 10.9 Å². The van der Waals surface area contributed by atoms with Crippen LogP contribution in [0.4, 0.5) is 0 Å². The third-order valence-electron chi connectivity index (χ3n) is 4.11. The predicted molar refractivity (Wildman–Crippen MR) is 80.7 cm³/mol. The lowest BCUT2D eigenvalue weighted by molar-refractivity contribution is -0.146. The molecule has 0 spiro atoms. The Labute approximate surface area is 125 Å². The summed E-state index contributed by atoms with van der Waals surface area (Å²) in [5, 5.41) is 0. The van der Waals surface area contributed by atoms with Crippen LogP contribution in [0.5, 0.6) is 5.75 Å². The van der Waals surface area contributed by atoms with E-state index in [9.17, 15) is 4.79 Å². The van der Waals surface area contributed by atoms with Crippen molar-refractivity contribution in [1.29, 1.82) is 0 Å². The zero-order chi connectivity index (χ0) is 15.3. The third kappa shape index (κ3) is 2.43. The van der Waals surface area contributed by atoms with Gasteiger partial charge in [0.05, 0.1) is 12.1 Å². The lowest BCUT2D eigenvalue weighted by atomic mass is 9.79. The zero-order valence-electron chi connectivity index (χ0n) is 13.0. The highest BCUT2D eigenvalue weighted by Crippen LogP contribution is 2.48. The van der Waals surface area contributed by atoms with Crippen LogP contribution in [0.1, 0.15) is 39.7 Å². The minimum Gasteiger partial charge on any atom is -0.493 e. The molecule has 0 bridgehead atoms. The summed E-state index contributed by atoms with van der Waals surface area (Å²) in [4.78, 5) is 17.0. The first kappa shape index (κ1) is 14.1. The maximum atomic E-state index is 12.3. The summed E-state index contributed by atoms with van der Waals surface area (Å²) < 4.78 is 11.3. The Bertz CT molecular complexity index is 615. The lowest BCUT2D eigenvalue weighted by Gasteiger charge is -2.35. The maximum absolute atomic E-state index is 12.3. The number of carbonyl (C=O) groups is 1. The van der Waals surface area contributed by atoms with Crippen molar-refractivity contribution < 1.29 is 14.3 Å². The number of para-hydroxylation sites is 1. The van der Waals surface area contributed by atoms with E-state index in [0.717, 1.165) is 11.3 Å². The van der Waals surface area contributed by atoms with Crippen LogP contribution < -0.4 is 4.74 Å². The molecule has 4 heteroatoms. The fourth-order valence-corrected chi connectivity index (χ4v) is 3.02. The predicted octanol–water partition coefficient (Wildman–Crippen LogP) is 3.10. The quantitative estimate of drug-likeness (QED) is 0.746. The van der Waals surface area contributed by atoms with Crippen LogP contribution in [-0.2, 0) is 15.1 Å². The van der Waals surface area contributed by atoms with Gasteiger partial charge in [-0.05, 0) is 33.8 Å². The summed E-state index contributed by atoms with van der Waals surface area (Å²) >= 11 is 0. The Morgan fingerprint density at radius 1 is 1.38 bits per heavy atom. The van der Waals surface area contributed by atoms with Crippen LogP contribution in [-0.4, -0.2) is 23.9 Å². The van der Waals surface area contributed by atoms with Crippen LogP contribution in [0.3, 0.4) is 0 Å². The molecule has 21 heavy (non-hydrogen) atoms. The number of aliphatic imine (C=N–C) groups is 1. The van der Waals surface area contributed by atoms with Crippen molar-refractivity contribution >= 4 is 11.7 Å². The number of hydrogen-bond acceptors (Lipinski definition) is 4. The van der Waals surface area contributed by atoms with Crippen LogP contribution in [0.2, 0.25) is 0 Å². The number of hydrogen-bond donors (Lipinski definition) is 0. The highest BCUT2D eigenvalue weighted by atomic mass is 16.6. The molecule has 4 nitrogen and oxygen atoms in total. The molecule has 0 aromatic heterocycles. The summed E-state index contributed by atoms with van der Waals surface area (Å²) in [6.07, 6.45) is 0.611. The van der Waals surface area contributed by atoms with Gasteiger partial charge in [-0.3, -0.25) is 4.99 Å². The average molecular weight is 287 g/mol. The van der Waals surface area contributed by atoms with Crippen LogP contribution in [0.25, 0.3) is 0 Å². The van der Waals surface area contributed by atoms with Gasteiger partial charge in [0.15, 0.2) is 0 Å². The second-order valence-electron chi connectivity index (χ2n) is 6.92. The van der Waals surface area contributed by atoms with Crippen LogP contribution >= 0.6 is 0 Å². The van der Waals surface area contributed by atoms with Crippen molar-refractivity contribution in [2.45, 2.75) is 45.3 Å². The highest BCUT2D eigenvalue weighted by Gasteiger charge is 2.48. The summed E-state index contributed by atoms with van der Waals surface area (Å²) in [6, 6.07) is 7.92. The monoisotopic (exact) mass is 287 g/mol. The maximum Gasteiger partial charge on any atom is 0.352 e. The van der Waals surface area contributed by atoms with E-state index in [1.807, 2.05) is 45.0 Å². The minimum absolute atomic E-state index is 0.190. The van der Waals surface area contributed by atoms with E-state index in [1.54, 1.807) is 0 Å². The first-order valence-electron chi connectivity index (χ1n) is 7.34. The number of benzene rings is 1. The molecule has 0 saturated heterocycles. The second-order valence-corrected chi connectivity index (χ2v) is 6.92. The lowest BCUT2D eigenvalue weighted by Crippen LogP contribution is -2.35. The molecular formula is C17H21NO3. The molecule has 2 aliphatic heterocycles. The van der Waals surface area contributed by atoms with Crippen molar-refractivity contribution in [3.63, 3.8) is 0 Å². The molecule has 0 N–H and O–H groups in total. The van der Waals surface area contributed by atoms with E-state index in [1.165, 1.54) is 0 Å². The van der Waals surface area contributed by atoms with Gasteiger partial charge in [-0.15, -0.1) is 0 Å². The van der Waals surface area contributed by atoms with Gasteiger partial charge in [0.1, 0.15) is 17.1 Å². The van der Waals surface area contributed by atoms with E-state index in [0.29, 0.717) is 18.7 Å². The van der Waals surface area contributed by atoms with E-state index in [2.05, 4.69) is 6.92 Å². The van der Waals surface area contributed by atoms with Crippen LogP contribution in [0.15, 0.2) is 29.3 Å². The van der Waals surface area contributed by atoms with Crippen molar-refractivity contribution in [2.75, 3.05) is 6.61 Å². The fourth-order valence-electron chi connectivity index (χ4n) is 3.02. The molecule has 0 fully saturated rings. The summed E-state index contributed by atoms with van der Waals surface area (Å²) in [5.74, 6) is 0.746. The number of carbonyl (C=O) groups excluding carboxylic acids is 1. The standard InChI is InChI=1S/C17H21NO3/c1-16(2,3)21-15(19)13-9-11-10-20-14-8-6-5-7-12(14)17(11,4)18-13/h5-8,11H,9-10H2,1-4H3/t11-,17-/m0/s1. The molecule has 3 rings (SSSR count). The molecule has 112 valence electrons. The Morgan fingerprint density at radius 3 is 2.81 bits per heavy atom. The molecule has 0 radical (unpaired) electrons. The smallest absolute Gasteiger partial charge is 0.352 e. The first-order chi connectivity index (χ1) is 9.79. The van der Waals surface area contributed by atoms with Gasteiger partial charge < -0.3 is 9.47 Å². The minimum atomic E-state index is -0.497. The topological polar surface area (TPSA) is 47.9 Å². The number of esters is 1. The molecule has 2 atom stereocenters. The largest absolute Gasteiger partial charge is 0.493 e. The Balaban J connectivity index is 1.93. The second kappa shape index (κ2) is 4.58. The van der Waals surface area contributed by atoms with Gasteiger partial charge in [-0.2, -0.15) is 0 Å². The third-order valence-corrected chi connectivity index (χ3v) is 4.11. The van der Waals surface area contributed by atoms with Gasteiger partial charge in [0.25, 0.3) is 0 Å². The molecule has 2 aliphatic rings. The van der Waals surface area contributed by atoms with Crippen molar-refractivity contribution in [3.8, 4) is 5.75 Å². The number of ether oxygens (including phenoxy) is 2. The molecule has 0 aliphatic carbocycles. The van der Waals surface area contributed by atoms with Gasteiger partial charge in [-0.25, -0.2) is 4.79 Å². The molecule has 1 aromatic carbocycles. The Hall–Kier alpha value is -1.84. The normalized spacial score (nSPS) is 27.2. The Morgan fingerprint density at radius 2 is 2.10 bits per heavy atom. The first-order valence-corrected chi connectivity index (χ1v) is 7.34. The number of rotatable bonds is 1. The average Bonchev–Trinajstić information content (AvgIpc) is 2.75. The molecule has 0 saturated carbocycles. The molecule has 0 amide bonds. The SMILES string of the molecule is CC(C)(C)OC(=O)C1=N[C@]2(C)c3ccccc3OC[C@@H]2C1. The number of fused-ring (bicyclic) bond motifs is 3. The fraction of sp³-hybridized carbons (Fsp3) is 0.529. The van der Waals surface area contributed by atoms with Crippen LogP contribution in [0, 0.1) is 5.92 Å². The number of nitrogens with zero attached hydrogens (tertiary/aromatic N) is 1. The zero-order valence-corrected chi connectivity index (χ0v) is 13.0. The van der Waals surface area contributed by atoms with E-state index in [-0.39, 0.29) is 17.4 Å².